The standard InChI is InChI=1S/C22H26O2/c1-12(23)16-6-7-17-14-5-4-13-10-20(24)15-11-19(15)22(13,3)18(14)8-9-21(16,17)2/h4-5,10,14,16-18H,6-9,11H2,1-3H3/t14-,16+,17-,18-,21+,22-/m0/s1. The van der Waals surface area contributed by atoms with Gasteiger partial charge in [0.15, 0.2) is 5.78 Å². The van der Waals surface area contributed by atoms with Gasteiger partial charge in [0.1, 0.15) is 5.78 Å². The van der Waals surface area contributed by atoms with Gasteiger partial charge in [-0.05, 0) is 79.4 Å². The lowest BCUT2D eigenvalue weighted by atomic mass is 9.49. The van der Waals surface area contributed by atoms with Gasteiger partial charge in [0.05, 0.1) is 0 Å². The van der Waals surface area contributed by atoms with E-state index in [1.54, 1.807) is 6.92 Å². The molecule has 24 heavy (non-hydrogen) atoms. The summed E-state index contributed by atoms with van der Waals surface area (Å²) < 4.78 is 0. The summed E-state index contributed by atoms with van der Waals surface area (Å²) in [6, 6.07) is 0. The molecule has 5 rings (SSSR count). The van der Waals surface area contributed by atoms with Crippen molar-refractivity contribution in [1.82, 2.24) is 0 Å². The van der Waals surface area contributed by atoms with Gasteiger partial charge in [-0.2, -0.15) is 0 Å². The predicted molar refractivity (Wildman–Crippen MR) is 93.2 cm³/mol. The number of hydrogen-bond acceptors (Lipinski definition) is 2. The van der Waals surface area contributed by atoms with Gasteiger partial charge in [-0.1, -0.05) is 26.0 Å². The number of ketones is 2. The third-order valence-corrected chi connectivity index (χ3v) is 8.47. The molecule has 0 spiro atoms. The molecule has 0 unspecified atom stereocenters. The van der Waals surface area contributed by atoms with Crippen molar-refractivity contribution in [3.8, 4) is 0 Å². The van der Waals surface area contributed by atoms with E-state index < -0.39 is 0 Å². The van der Waals surface area contributed by atoms with E-state index in [0.29, 0.717) is 23.5 Å². The summed E-state index contributed by atoms with van der Waals surface area (Å²) in [5.41, 5.74) is 4.03. The smallest absolute Gasteiger partial charge is 0.182 e. The highest BCUT2D eigenvalue weighted by molar-refractivity contribution is 6.11. The molecule has 2 heteroatoms. The molecule has 0 saturated heterocycles. The van der Waals surface area contributed by atoms with Crippen molar-refractivity contribution < 1.29 is 9.59 Å². The first-order chi connectivity index (χ1) is 11.4. The summed E-state index contributed by atoms with van der Waals surface area (Å²) in [5.74, 6) is 2.69. The van der Waals surface area contributed by atoms with Crippen LogP contribution in [0.15, 0.2) is 34.9 Å². The molecule has 0 N–H and O–H groups in total. The highest BCUT2D eigenvalue weighted by Gasteiger charge is 2.61. The lowest BCUT2D eigenvalue weighted by Crippen LogP contribution is -2.49. The second kappa shape index (κ2) is 4.39. The molecule has 0 bridgehead atoms. The average molecular weight is 322 g/mol. The summed E-state index contributed by atoms with van der Waals surface area (Å²) in [4.78, 5) is 24.3. The fourth-order valence-electron chi connectivity index (χ4n) is 7.10. The fourth-order valence-corrected chi connectivity index (χ4v) is 7.10. The Morgan fingerprint density at radius 1 is 1.17 bits per heavy atom. The van der Waals surface area contributed by atoms with Crippen molar-refractivity contribution in [1.29, 1.82) is 0 Å². The van der Waals surface area contributed by atoms with Crippen LogP contribution in [0.3, 0.4) is 0 Å². The van der Waals surface area contributed by atoms with E-state index in [0.717, 1.165) is 24.8 Å². The first-order valence-electron chi connectivity index (χ1n) is 9.55. The number of allylic oxidation sites excluding steroid dienone is 6. The Morgan fingerprint density at radius 2 is 1.96 bits per heavy atom. The molecule has 0 heterocycles. The maximum absolute atomic E-state index is 12.2. The van der Waals surface area contributed by atoms with Gasteiger partial charge in [0, 0.05) is 16.9 Å². The first-order valence-corrected chi connectivity index (χ1v) is 9.55. The largest absolute Gasteiger partial charge is 0.300 e. The highest BCUT2D eigenvalue weighted by Crippen LogP contribution is 2.68. The molecular weight excluding hydrogens is 296 g/mol. The molecule has 5 aliphatic carbocycles. The molecule has 0 aromatic heterocycles. The molecule has 0 aromatic carbocycles. The topological polar surface area (TPSA) is 34.1 Å². The summed E-state index contributed by atoms with van der Waals surface area (Å²) in [5, 5.41) is 0. The van der Waals surface area contributed by atoms with Crippen LogP contribution in [-0.4, -0.2) is 11.6 Å². The minimum atomic E-state index is 0.0816. The molecule has 0 amide bonds. The van der Waals surface area contributed by atoms with Crippen molar-refractivity contribution in [3.05, 3.63) is 34.9 Å². The van der Waals surface area contributed by atoms with Gasteiger partial charge in [-0.15, -0.1) is 0 Å². The third kappa shape index (κ3) is 1.58. The summed E-state index contributed by atoms with van der Waals surface area (Å²) in [6.07, 6.45) is 12.1. The van der Waals surface area contributed by atoms with Gasteiger partial charge in [0.2, 0.25) is 0 Å². The summed E-state index contributed by atoms with van der Waals surface area (Å²) >= 11 is 0. The number of hydrogen-bond donors (Lipinski definition) is 0. The lowest BCUT2D eigenvalue weighted by molar-refractivity contribution is -0.126. The van der Waals surface area contributed by atoms with Crippen LogP contribution >= 0.6 is 0 Å². The third-order valence-electron chi connectivity index (χ3n) is 8.47. The monoisotopic (exact) mass is 322 g/mol. The molecule has 0 aliphatic heterocycles. The Kier molecular flexibility index (Phi) is 2.72. The number of Topliss-reactive ketones (excluding diaryl/α,β-unsaturated/α-hetero) is 1. The Balaban J connectivity index is 1.57. The highest BCUT2D eigenvalue weighted by atomic mass is 16.1. The van der Waals surface area contributed by atoms with Crippen LogP contribution in [-0.2, 0) is 9.59 Å². The van der Waals surface area contributed by atoms with Crippen molar-refractivity contribution >= 4 is 11.6 Å². The predicted octanol–water partition coefficient (Wildman–Crippen LogP) is 4.42. The number of carbonyl (C=O) groups is 2. The van der Waals surface area contributed by atoms with E-state index in [1.165, 1.54) is 24.0 Å². The quantitative estimate of drug-likeness (QED) is 0.716. The SMILES string of the molecule is CC(=O)[C@H]1CC[C@H]2[C@@H]3C=CC4=CC(=O)C5=C(C5)[C@]4(C)[C@H]3CC[C@]12C. The molecule has 2 saturated carbocycles. The van der Waals surface area contributed by atoms with E-state index in [2.05, 4.69) is 26.0 Å². The van der Waals surface area contributed by atoms with Crippen molar-refractivity contribution in [2.45, 2.75) is 52.9 Å². The molecular formula is C22H26O2. The van der Waals surface area contributed by atoms with Crippen LogP contribution in [0.2, 0.25) is 0 Å². The Morgan fingerprint density at radius 3 is 2.71 bits per heavy atom. The van der Waals surface area contributed by atoms with Crippen LogP contribution in [0.5, 0.6) is 0 Å². The Labute approximate surface area is 144 Å². The Hall–Kier alpha value is -1.44. The van der Waals surface area contributed by atoms with Crippen LogP contribution in [0.1, 0.15) is 52.9 Å². The number of rotatable bonds is 1. The van der Waals surface area contributed by atoms with Crippen LogP contribution < -0.4 is 0 Å². The zero-order valence-corrected chi connectivity index (χ0v) is 14.9. The molecule has 0 radical (unpaired) electrons. The molecule has 0 aromatic rings. The molecule has 2 nitrogen and oxygen atoms in total. The normalized spacial score (nSPS) is 48.3. The first kappa shape index (κ1) is 14.9. The van der Waals surface area contributed by atoms with Gasteiger partial charge in [0.25, 0.3) is 0 Å². The van der Waals surface area contributed by atoms with E-state index in [9.17, 15) is 9.59 Å². The van der Waals surface area contributed by atoms with Crippen LogP contribution in [0, 0.1) is 34.5 Å². The zero-order chi connectivity index (χ0) is 16.9. The van der Waals surface area contributed by atoms with Gasteiger partial charge >= 0.3 is 0 Å². The van der Waals surface area contributed by atoms with Crippen molar-refractivity contribution in [2.75, 3.05) is 0 Å². The number of fused-ring (bicyclic) bond motifs is 6. The minimum Gasteiger partial charge on any atom is -0.300 e. The van der Waals surface area contributed by atoms with E-state index in [-0.39, 0.29) is 22.5 Å². The minimum absolute atomic E-state index is 0.0816. The number of carbonyl (C=O) groups excluding carboxylic acids is 2. The van der Waals surface area contributed by atoms with E-state index in [1.807, 2.05) is 6.08 Å². The Bertz CT molecular complexity index is 767. The van der Waals surface area contributed by atoms with Crippen LogP contribution in [0.25, 0.3) is 0 Å². The average Bonchev–Trinajstić information content (AvgIpc) is 3.26. The van der Waals surface area contributed by atoms with E-state index >= 15 is 0 Å². The lowest BCUT2D eigenvalue weighted by Gasteiger charge is -2.55. The molecule has 6 atom stereocenters. The molecule has 2 fully saturated rings. The van der Waals surface area contributed by atoms with Crippen molar-refractivity contribution in [2.24, 2.45) is 34.5 Å². The summed E-state index contributed by atoms with van der Waals surface area (Å²) in [6.45, 7) is 6.55. The second-order valence-electron chi connectivity index (χ2n) is 9.23. The second-order valence-corrected chi connectivity index (χ2v) is 9.23. The van der Waals surface area contributed by atoms with Gasteiger partial charge in [-0.25, -0.2) is 0 Å². The zero-order valence-electron chi connectivity index (χ0n) is 14.9. The molecule has 126 valence electrons. The van der Waals surface area contributed by atoms with Crippen molar-refractivity contribution in [3.63, 3.8) is 0 Å². The fraction of sp³-hybridized carbons (Fsp3) is 0.636. The maximum Gasteiger partial charge on any atom is 0.182 e. The van der Waals surface area contributed by atoms with Crippen LogP contribution in [0.4, 0.5) is 0 Å². The molecule has 5 aliphatic rings. The van der Waals surface area contributed by atoms with Gasteiger partial charge in [-0.3, -0.25) is 9.59 Å². The maximum atomic E-state index is 12.2. The summed E-state index contributed by atoms with van der Waals surface area (Å²) in [7, 11) is 0. The van der Waals surface area contributed by atoms with Gasteiger partial charge < -0.3 is 0 Å². The van der Waals surface area contributed by atoms with E-state index in [4.69, 9.17) is 0 Å².